The summed E-state index contributed by atoms with van der Waals surface area (Å²) in [5.41, 5.74) is 3.74. The summed E-state index contributed by atoms with van der Waals surface area (Å²) in [6.45, 7) is 3.96. The molecule has 0 spiro atoms. The molecular weight excluding hydrogens is 362 g/mol. The number of hydrogen-bond acceptors (Lipinski definition) is 3. The van der Waals surface area contributed by atoms with Crippen molar-refractivity contribution in [2.24, 2.45) is 0 Å². The number of carboxylic acids is 1. The van der Waals surface area contributed by atoms with Crippen LogP contribution >= 0.6 is 0 Å². The lowest BCUT2D eigenvalue weighted by Gasteiger charge is -2.17. The number of carbonyl (C=O) groups is 1. The largest absolute Gasteiger partial charge is 0.478 e. The lowest BCUT2D eigenvalue weighted by atomic mass is 10.0. The minimum atomic E-state index is -3.61. The second-order valence-corrected chi connectivity index (χ2v) is 8.80. The van der Waals surface area contributed by atoms with Gasteiger partial charge in [-0.15, -0.1) is 0 Å². The molecule has 0 saturated carbocycles. The Kier molecular flexibility index (Phi) is 5.48. The minimum absolute atomic E-state index is 0.113. The number of rotatable bonds is 6. The van der Waals surface area contributed by atoms with Crippen LogP contribution in [0.5, 0.6) is 0 Å². The van der Waals surface area contributed by atoms with Crippen LogP contribution in [-0.2, 0) is 27.7 Å². The van der Waals surface area contributed by atoms with Crippen molar-refractivity contribution in [3.05, 3.63) is 70.8 Å². The molecule has 6 heteroatoms. The Balaban J connectivity index is 1.78. The van der Waals surface area contributed by atoms with Crippen LogP contribution in [0.4, 0.5) is 0 Å². The van der Waals surface area contributed by atoms with E-state index >= 15 is 0 Å². The summed E-state index contributed by atoms with van der Waals surface area (Å²) in [7, 11) is -3.61. The standard InChI is InChI=1S/C21H23NO4S/c1-14(2)19-5-3-4-6-20(19)27(25,26)22-18-12-16-9-7-15(8-10-21(23)24)11-17(16)13-18/h3-11,14,18,22H,12-13H2,1-2H3,(H,23,24)/b10-8+. The van der Waals surface area contributed by atoms with Gasteiger partial charge in [0.05, 0.1) is 4.90 Å². The maximum absolute atomic E-state index is 12.9. The number of carboxylic acid groups (broad SMARTS) is 1. The fourth-order valence-corrected chi connectivity index (χ4v) is 5.08. The Morgan fingerprint density at radius 3 is 2.56 bits per heavy atom. The molecule has 0 radical (unpaired) electrons. The SMILES string of the molecule is CC(C)c1ccccc1S(=O)(=O)NC1Cc2ccc(/C=C/C(=O)O)cc2C1. The van der Waals surface area contributed by atoms with E-state index in [4.69, 9.17) is 5.11 Å². The smallest absolute Gasteiger partial charge is 0.328 e. The molecule has 27 heavy (non-hydrogen) atoms. The number of benzene rings is 2. The monoisotopic (exact) mass is 385 g/mol. The fourth-order valence-electron chi connectivity index (χ4n) is 3.48. The van der Waals surface area contributed by atoms with E-state index in [0.717, 1.165) is 28.3 Å². The van der Waals surface area contributed by atoms with Gasteiger partial charge in [-0.1, -0.05) is 50.2 Å². The van der Waals surface area contributed by atoms with Gasteiger partial charge >= 0.3 is 5.97 Å². The Labute approximate surface area is 159 Å². The summed E-state index contributed by atoms with van der Waals surface area (Å²) >= 11 is 0. The topological polar surface area (TPSA) is 83.5 Å². The van der Waals surface area contributed by atoms with Crippen molar-refractivity contribution in [3.8, 4) is 0 Å². The molecule has 5 nitrogen and oxygen atoms in total. The average molecular weight is 385 g/mol. The molecule has 0 amide bonds. The van der Waals surface area contributed by atoms with E-state index in [9.17, 15) is 13.2 Å². The lowest BCUT2D eigenvalue weighted by molar-refractivity contribution is -0.131. The Bertz CT molecular complexity index is 993. The highest BCUT2D eigenvalue weighted by Crippen LogP contribution is 2.27. The summed E-state index contributed by atoms with van der Waals surface area (Å²) in [5, 5.41) is 8.74. The molecule has 2 aromatic carbocycles. The molecular formula is C21H23NO4S. The van der Waals surface area contributed by atoms with Gasteiger partial charge in [0.1, 0.15) is 0 Å². The van der Waals surface area contributed by atoms with Crippen molar-refractivity contribution >= 4 is 22.1 Å². The van der Waals surface area contributed by atoms with Gasteiger partial charge in [-0.3, -0.25) is 0 Å². The number of hydrogen-bond donors (Lipinski definition) is 2. The zero-order valence-corrected chi connectivity index (χ0v) is 16.2. The van der Waals surface area contributed by atoms with Gasteiger partial charge in [0.15, 0.2) is 0 Å². The number of nitrogens with one attached hydrogen (secondary N) is 1. The maximum atomic E-state index is 12.9. The zero-order chi connectivity index (χ0) is 19.6. The summed E-state index contributed by atoms with van der Waals surface area (Å²) in [6.07, 6.45) is 3.85. The predicted octanol–water partition coefficient (Wildman–Crippen LogP) is 3.35. The molecule has 1 aliphatic carbocycles. The summed E-state index contributed by atoms with van der Waals surface area (Å²) in [6, 6.07) is 12.6. The highest BCUT2D eigenvalue weighted by atomic mass is 32.2. The van der Waals surface area contributed by atoms with E-state index < -0.39 is 16.0 Å². The van der Waals surface area contributed by atoms with Crippen molar-refractivity contribution in [2.75, 3.05) is 0 Å². The first-order valence-corrected chi connectivity index (χ1v) is 10.4. The van der Waals surface area contributed by atoms with E-state index in [2.05, 4.69) is 4.72 Å². The maximum Gasteiger partial charge on any atom is 0.328 e. The van der Waals surface area contributed by atoms with Gasteiger partial charge in [0.25, 0.3) is 0 Å². The predicted molar refractivity (Wildman–Crippen MR) is 105 cm³/mol. The molecule has 1 atom stereocenters. The Morgan fingerprint density at radius 2 is 1.85 bits per heavy atom. The van der Waals surface area contributed by atoms with Gasteiger partial charge in [-0.2, -0.15) is 0 Å². The lowest BCUT2D eigenvalue weighted by Crippen LogP contribution is -2.35. The molecule has 0 fully saturated rings. The highest BCUT2D eigenvalue weighted by molar-refractivity contribution is 7.89. The second-order valence-electron chi connectivity index (χ2n) is 7.12. The third-order valence-electron chi connectivity index (χ3n) is 4.73. The number of aliphatic carboxylic acids is 1. The molecule has 2 N–H and O–H groups in total. The van der Waals surface area contributed by atoms with Gasteiger partial charge < -0.3 is 5.11 Å². The van der Waals surface area contributed by atoms with E-state index in [1.54, 1.807) is 18.2 Å². The van der Waals surface area contributed by atoms with Crippen molar-refractivity contribution < 1.29 is 18.3 Å². The van der Waals surface area contributed by atoms with Crippen LogP contribution in [0.2, 0.25) is 0 Å². The first kappa shape index (κ1) is 19.3. The molecule has 0 aliphatic heterocycles. The second kappa shape index (κ2) is 7.66. The van der Waals surface area contributed by atoms with Gasteiger partial charge in [0, 0.05) is 12.1 Å². The first-order valence-electron chi connectivity index (χ1n) is 8.90. The third-order valence-corrected chi connectivity index (χ3v) is 6.33. The van der Waals surface area contributed by atoms with E-state index in [1.807, 2.05) is 44.2 Å². The molecule has 142 valence electrons. The average Bonchev–Trinajstić information content (AvgIpc) is 3.00. The van der Waals surface area contributed by atoms with Crippen LogP contribution in [-0.4, -0.2) is 25.5 Å². The van der Waals surface area contributed by atoms with Crippen molar-refractivity contribution in [3.63, 3.8) is 0 Å². The van der Waals surface area contributed by atoms with E-state index in [-0.39, 0.29) is 12.0 Å². The number of sulfonamides is 1. The third kappa shape index (κ3) is 4.46. The molecule has 3 rings (SSSR count). The summed E-state index contributed by atoms with van der Waals surface area (Å²) in [5.74, 6) is -0.882. The highest BCUT2D eigenvalue weighted by Gasteiger charge is 2.28. The molecule has 2 aromatic rings. The molecule has 0 bridgehead atoms. The molecule has 0 saturated heterocycles. The molecule has 1 unspecified atom stereocenters. The molecule has 1 aliphatic rings. The first-order chi connectivity index (χ1) is 12.8. The number of fused-ring (bicyclic) bond motifs is 1. The van der Waals surface area contributed by atoms with Gasteiger partial charge in [0.2, 0.25) is 10.0 Å². The zero-order valence-electron chi connectivity index (χ0n) is 15.3. The normalized spacial score (nSPS) is 16.8. The molecule has 0 aromatic heterocycles. The van der Waals surface area contributed by atoms with Crippen molar-refractivity contribution in [1.82, 2.24) is 4.72 Å². The van der Waals surface area contributed by atoms with Crippen LogP contribution in [0.25, 0.3) is 6.08 Å². The minimum Gasteiger partial charge on any atom is -0.478 e. The Morgan fingerprint density at radius 1 is 1.15 bits per heavy atom. The van der Waals surface area contributed by atoms with Crippen LogP contribution in [0, 0.1) is 0 Å². The van der Waals surface area contributed by atoms with E-state index in [0.29, 0.717) is 17.7 Å². The van der Waals surface area contributed by atoms with Crippen molar-refractivity contribution in [1.29, 1.82) is 0 Å². The van der Waals surface area contributed by atoms with E-state index in [1.165, 1.54) is 0 Å². The summed E-state index contributed by atoms with van der Waals surface area (Å²) < 4.78 is 28.7. The van der Waals surface area contributed by atoms with Gasteiger partial charge in [-0.05, 0) is 53.2 Å². The van der Waals surface area contributed by atoms with Crippen molar-refractivity contribution in [2.45, 2.75) is 43.5 Å². The van der Waals surface area contributed by atoms with Crippen LogP contribution in [0.1, 0.15) is 42.0 Å². The quantitative estimate of drug-likeness (QED) is 0.747. The summed E-state index contributed by atoms with van der Waals surface area (Å²) in [4.78, 5) is 11.0. The fraction of sp³-hybridized carbons (Fsp3) is 0.286. The van der Waals surface area contributed by atoms with Gasteiger partial charge in [-0.25, -0.2) is 17.9 Å². The Hall–Kier alpha value is -2.44. The van der Waals surface area contributed by atoms with Crippen LogP contribution in [0.3, 0.4) is 0 Å². The van der Waals surface area contributed by atoms with Crippen LogP contribution in [0.15, 0.2) is 53.4 Å². The van der Waals surface area contributed by atoms with Crippen LogP contribution < -0.4 is 4.72 Å². The molecule has 0 heterocycles.